The summed E-state index contributed by atoms with van der Waals surface area (Å²) in [4.78, 5) is 9.48. The zero-order valence-corrected chi connectivity index (χ0v) is 27.7. The van der Waals surface area contributed by atoms with Crippen LogP contribution in [-0.2, 0) is 0 Å². The summed E-state index contributed by atoms with van der Waals surface area (Å²) in [5.74, 6) is 0. The molecule has 0 aliphatic rings. The third kappa shape index (κ3) is 4.63. The highest BCUT2D eigenvalue weighted by Gasteiger charge is 2.24. The van der Waals surface area contributed by atoms with Gasteiger partial charge in [-0.05, 0) is 84.9 Å². The molecular weight excluding hydrogens is 631 g/mol. The van der Waals surface area contributed by atoms with Gasteiger partial charge < -0.3 is 14.2 Å². The van der Waals surface area contributed by atoms with E-state index in [1.165, 1.54) is 20.2 Å². The third-order valence-electron chi connectivity index (χ3n) is 9.42. The minimum Gasteiger partial charge on any atom is -0.456 e. The predicted octanol–water partition coefficient (Wildman–Crippen LogP) is 13.4. The third-order valence-corrected chi connectivity index (χ3v) is 10.5. The summed E-state index contributed by atoms with van der Waals surface area (Å²) in [6.07, 6.45) is 1.87. The summed E-state index contributed by atoms with van der Waals surface area (Å²) in [6, 6.07) is 60.1. The number of fused-ring (bicyclic) bond motifs is 7. The average Bonchev–Trinajstić information content (AvgIpc) is 3.74. The number of furan rings is 1. The molecule has 0 saturated carbocycles. The molecule has 10 rings (SSSR count). The molecule has 0 amide bonds. The van der Waals surface area contributed by atoms with Crippen molar-refractivity contribution in [2.75, 3.05) is 9.80 Å². The first-order valence-corrected chi connectivity index (χ1v) is 17.5. The Morgan fingerprint density at radius 3 is 1.80 bits per heavy atom. The smallest absolute Gasteiger partial charge is 0.137 e. The van der Waals surface area contributed by atoms with Gasteiger partial charge in [0.1, 0.15) is 11.2 Å². The van der Waals surface area contributed by atoms with E-state index in [9.17, 15) is 0 Å². The van der Waals surface area contributed by atoms with Crippen LogP contribution in [0, 0.1) is 0 Å². The topological polar surface area (TPSA) is 32.5 Å². The molecule has 10 aromatic rings. The van der Waals surface area contributed by atoms with Crippen LogP contribution in [0.5, 0.6) is 0 Å². The molecule has 4 nitrogen and oxygen atoms in total. The van der Waals surface area contributed by atoms with E-state index in [4.69, 9.17) is 9.40 Å². The highest BCUT2D eigenvalue weighted by atomic mass is 32.1. The lowest BCUT2D eigenvalue weighted by Gasteiger charge is -2.30. The van der Waals surface area contributed by atoms with Crippen LogP contribution < -0.4 is 9.80 Å². The molecule has 0 radical (unpaired) electrons. The molecular formula is C45H29N3OS. The van der Waals surface area contributed by atoms with Gasteiger partial charge in [0.15, 0.2) is 0 Å². The number of aromatic nitrogens is 1. The lowest BCUT2D eigenvalue weighted by molar-refractivity contribution is 0.669. The van der Waals surface area contributed by atoms with Crippen molar-refractivity contribution in [1.82, 2.24) is 4.98 Å². The van der Waals surface area contributed by atoms with Gasteiger partial charge in [-0.3, -0.25) is 4.98 Å². The zero-order valence-electron chi connectivity index (χ0n) is 26.9. The molecule has 0 aliphatic carbocycles. The second kappa shape index (κ2) is 11.6. The number of hydrogen-bond acceptors (Lipinski definition) is 5. The fourth-order valence-corrected chi connectivity index (χ4v) is 8.45. The van der Waals surface area contributed by atoms with E-state index in [-0.39, 0.29) is 0 Å². The number of anilines is 6. The number of hydrogen-bond donors (Lipinski definition) is 0. The number of para-hydroxylation sites is 4. The SMILES string of the molecule is c1ccc(N(c2cc(N(c3ccccc3)c3ccccc3)c3c(c2)sc2cc4ncccc4cc23)c2cccc3oc4ccccc4c23)cc1. The standard InChI is InChI=1S/C45H29N3OS/c1-4-15-31(16-5-1)47(32-17-6-2-7-18-32)39-27-34(28-43-45(39)36-26-30-14-13-25-46-37(30)29-42(36)50-43)48(33-19-8-3-9-20-33)38-22-12-24-41-44(38)35-21-10-11-23-40(35)49-41/h1-29H. The van der Waals surface area contributed by atoms with Gasteiger partial charge in [0, 0.05) is 59.9 Å². The van der Waals surface area contributed by atoms with Crippen molar-refractivity contribution >= 4 is 98.5 Å². The molecule has 236 valence electrons. The minimum absolute atomic E-state index is 0.863. The van der Waals surface area contributed by atoms with Crippen LogP contribution in [0.2, 0.25) is 0 Å². The minimum atomic E-state index is 0.863. The van der Waals surface area contributed by atoms with Crippen LogP contribution in [-0.4, -0.2) is 4.98 Å². The second-order valence-electron chi connectivity index (χ2n) is 12.4. The monoisotopic (exact) mass is 659 g/mol. The van der Waals surface area contributed by atoms with E-state index in [2.05, 4.69) is 161 Å². The van der Waals surface area contributed by atoms with Crippen LogP contribution in [0.4, 0.5) is 34.1 Å². The molecule has 7 aromatic carbocycles. The van der Waals surface area contributed by atoms with Gasteiger partial charge in [-0.1, -0.05) is 84.9 Å². The predicted molar refractivity (Wildman–Crippen MR) is 211 cm³/mol. The molecule has 0 unspecified atom stereocenters. The molecule has 5 heteroatoms. The van der Waals surface area contributed by atoms with Gasteiger partial charge in [-0.25, -0.2) is 0 Å². The van der Waals surface area contributed by atoms with Crippen LogP contribution >= 0.6 is 11.3 Å². The van der Waals surface area contributed by atoms with Gasteiger partial charge in [-0.15, -0.1) is 11.3 Å². The van der Waals surface area contributed by atoms with E-state index in [1.54, 1.807) is 0 Å². The van der Waals surface area contributed by atoms with E-state index >= 15 is 0 Å². The Bertz CT molecular complexity index is 2790. The number of rotatable bonds is 6. The summed E-state index contributed by atoms with van der Waals surface area (Å²) in [5, 5.41) is 5.75. The molecule has 50 heavy (non-hydrogen) atoms. The Hall–Kier alpha value is -6.43. The van der Waals surface area contributed by atoms with Crippen LogP contribution in [0.1, 0.15) is 0 Å². The first-order chi connectivity index (χ1) is 24.8. The van der Waals surface area contributed by atoms with E-state index in [1.807, 2.05) is 35.7 Å². The highest BCUT2D eigenvalue weighted by molar-refractivity contribution is 7.26. The fourth-order valence-electron chi connectivity index (χ4n) is 7.27. The van der Waals surface area contributed by atoms with E-state index < -0.39 is 0 Å². The van der Waals surface area contributed by atoms with E-state index in [0.717, 1.165) is 67.0 Å². The van der Waals surface area contributed by atoms with Gasteiger partial charge in [0.25, 0.3) is 0 Å². The summed E-state index contributed by atoms with van der Waals surface area (Å²) >= 11 is 1.82. The van der Waals surface area contributed by atoms with E-state index in [0.29, 0.717) is 0 Å². The summed E-state index contributed by atoms with van der Waals surface area (Å²) in [7, 11) is 0. The highest BCUT2D eigenvalue weighted by Crippen LogP contribution is 2.50. The first kappa shape index (κ1) is 28.6. The quantitative estimate of drug-likeness (QED) is 0.178. The maximum absolute atomic E-state index is 6.40. The summed E-state index contributed by atoms with van der Waals surface area (Å²) in [6.45, 7) is 0. The normalized spacial score (nSPS) is 11.6. The molecule has 0 fully saturated rings. The maximum atomic E-state index is 6.40. The Balaban J connectivity index is 1.33. The Labute approximate surface area is 292 Å². The maximum Gasteiger partial charge on any atom is 0.137 e. The molecule has 0 N–H and O–H groups in total. The Kier molecular flexibility index (Phi) is 6.64. The Morgan fingerprint density at radius 2 is 1.08 bits per heavy atom. The summed E-state index contributed by atoms with van der Waals surface area (Å²) in [5.41, 5.74) is 9.22. The molecule has 0 bridgehead atoms. The lowest BCUT2D eigenvalue weighted by Crippen LogP contribution is -2.13. The molecule has 0 aliphatic heterocycles. The van der Waals surface area contributed by atoms with Crippen LogP contribution in [0.25, 0.3) is 53.0 Å². The van der Waals surface area contributed by atoms with Crippen molar-refractivity contribution < 1.29 is 4.42 Å². The number of thiophene rings is 1. The van der Waals surface area contributed by atoms with Crippen LogP contribution in [0.3, 0.4) is 0 Å². The fraction of sp³-hybridized carbons (Fsp3) is 0. The van der Waals surface area contributed by atoms with Crippen molar-refractivity contribution in [3.63, 3.8) is 0 Å². The molecule has 3 aromatic heterocycles. The number of benzene rings is 7. The van der Waals surface area contributed by atoms with Crippen molar-refractivity contribution in [2.45, 2.75) is 0 Å². The van der Waals surface area contributed by atoms with Crippen molar-refractivity contribution in [3.8, 4) is 0 Å². The van der Waals surface area contributed by atoms with Gasteiger partial charge in [0.2, 0.25) is 0 Å². The lowest BCUT2D eigenvalue weighted by atomic mass is 10.0. The van der Waals surface area contributed by atoms with Crippen LogP contribution in [0.15, 0.2) is 180 Å². The van der Waals surface area contributed by atoms with Crippen molar-refractivity contribution in [3.05, 3.63) is 176 Å². The largest absolute Gasteiger partial charge is 0.456 e. The summed E-state index contributed by atoms with van der Waals surface area (Å²) < 4.78 is 8.81. The second-order valence-corrected chi connectivity index (χ2v) is 13.5. The zero-order chi connectivity index (χ0) is 33.0. The molecule has 0 saturated heterocycles. The first-order valence-electron chi connectivity index (χ1n) is 16.7. The average molecular weight is 660 g/mol. The molecule has 0 spiro atoms. The number of pyridine rings is 1. The van der Waals surface area contributed by atoms with Gasteiger partial charge in [0.05, 0.1) is 22.3 Å². The molecule has 0 atom stereocenters. The van der Waals surface area contributed by atoms with Crippen molar-refractivity contribution in [1.29, 1.82) is 0 Å². The molecule has 3 heterocycles. The van der Waals surface area contributed by atoms with Gasteiger partial charge in [-0.2, -0.15) is 0 Å². The van der Waals surface area contributed by atoms with Crippen molar-refractivity contribution in [2.24, 2.45) is 0 Å². The Morgan fingerprint density at radius 1 is 0.440 bits per heavy atom. The number of nitrogens with zero attached hydrogens (tertiary/aromatic N) is 3. The van der Waals surface area contributed by atoms with Gasteiger partial charge >= 0.3 is 0 Å².